The molecular weight excluding hydrogens is 258 g/mol. The summed E-state index contributed by atoms with van der Waals surface area (Å²) in [6.07, 6.45) is 3.33. The van der Waals surface area contributed by atoms with E-state index in [0.717, 1.165) is 5.56 Å². The zero-order chi connectivity index (χ0) is 15.0. The number of ether oxygens (including phenoxy) is 2. The number of para-hydroxylation sites is 1. The highest BCUT2D eigenvalue weighted by Gasteiger charge is 2.08. The topological polar surface area (TPSA) is 55.8 Å². The minimum atomic E-state index is -0.335. The maximum absolute atomic E-state index is 11.9. The van der Waals surface area contributed by atoms with Gasteiger partial charge < -0.3 is 14.4 Å². The van der Waals surface area contributed by atoms with E-state index < -0.39 is 0 Å². The van der Waals surface area contributed by atoms with E-state index in [2.05, 4.69) is 4.74 Å². The van der Waals surface area contributed by atoms with Gasteiger partial charge in [0.25, 0.3) is 0 Å². The van der Waals surface area contributed by atoms with Gasteiger partial charge in [0.2, 0.25) is 5.91 Å². The Morgan fingerprint density at radius 2 is 1.95 bits per heavy atom. The molecule has 1 aromatic rings. The average molecular weight is 277 g/mol. The number of rotatable bonds is 6. The van der Waals surface area contributed by atoms with Crippen LogP contribution in [0.25, 0.3) is 6.08 Å². The molecule has 0 aliphatic carbocycles. The van der Waals surface area contributed by atoms with E-state index in [4.69, 9.17) is 4.74 Å². The molecule has 0 bridgehead atoms. The van der Waals surface area contributed by atoms with E-state index in [1.165, 1.54) is 18.1 Å². The first-order valence-electron chi connectivity index (χ1n) is 6.21. The third-order valence-corrected chi connectivity index (χ3v) is 2.80. The van der Waals surface area contributed by atoms with Crippen LogP contribution < -0.4 is 4.74 Å². The SMILES string of the molecule is COC(=O)CCN(C)C(=O)C=Cc1ccccc1OC. The van der Waals surface area contributed by atoms with E-state index in [1.54, 1.807) is 20.2 Å². The Morgan fingerprint density at radius 1 is 1.25 bits per heavy atom. The molecule has 0 unspecified atom stereocenters. The number of likely N-dealkylation sites (N-methyl/N-ethyl adjacent to an activating group) is 1. The van der Waals surface area contributed by atoms with Crippen LogP contribution >= 0.6 is 0 Å². The van der Waals surface area contributed by atoms with Crippen molar-refractivity contribution in [3.05, 3.63) is 35.9 Å². The van der Waals surface area contributed by atoms with E-state index in [9.17, 15) is 9.59 Å². The molecule has 1 aromatic carbocycles. The molecule has 20 heavy (non-hydrogen) atoms. The van der Waals surface area contributed by atoms with Gasteiger partial charge in [0, 0.05) is 25.2 Å². The Labute approximate surface area is 118 Å². The van der Waals surface area contributed by atoms with Gasteiger partial charge in [-0.2, -0.15) is 0 Å². The van der Waals surface area contributed by atoms with E-state index in [1.807, 2.05) is 24.3 Å². The second kappa shape index (κ2) is 7.99. The second-order valence-electron chi connectivity index (χ2n) is 4.16. The van der Waals surface area contributed by atoms with E-state index in [-0.39, 0.29) is 18.3 Å². The molecule has 0 aliphatic rings. The number of methoxy groups -OCH3 is 2. The minimum absolute atomic E-state index is 0.181. The van der Waals surface area contributed by atoms with Gasteiger partial charge in [-0.3, -0.25) is 9.59 Å². The van der Waals surface area contributed by atoms with E-state index >= 15 is 0 Å². The molecule has 1 rings (SSSR count). The van der Waals surface area contributed by atoms with Gasteiger partial charge in [0.15, 0.2) is 0 Å². The number of hydrogen-bond donors (Lipinski definition) is 0. The molecule has 0 saturated heterocycles. The first-order chi connectivity index (χ1) is 9.58. The fourth-order valence-electron chi connectivity index (χ4n) is 1.56. The molecule has 0 heterocycles. The van der Waals surface area contributed by atoms with Crippen LogP contribution in [0.4, 0.5) is 0 Å². The fraction of sp³-hybridized carbons (Fsp3) is 0.333. The Bertz CT molecular complexity index is 496. The highest BCUT2D eigenvalue weighted by Crippen LogP contribution is 2.18. The number of esters is 1. The predicted molar refractivity (Wildman–Crippen MR) is 76.3 cm³/mol. The van der Waals surface area contributed by atoms with Gasteiger partial charge in [0.1, 0.15) is 5.75 Å². The summed E-state index contributed by atoms with van der Waals surface area (Å²) in [7, 11) is 4.54. The summed E-state index contributed by atoms with van der Waals surface area (Å²) in [4.78, 5) is 24.3. The lowest BCUT2D eigenvalue weighted by Crippen LogP contribution is -2.27. The lowest BCUT2D eigenvalue weighted by Gasteiger charge is -2.14. The number of carbonyl (C=O) groups is 2. The standard InChI is InChI=1S/C15H19NO4/c1-16(11-10-15(18)20-3)14(17)9-8-12-6-4-5-7-13(12)19-2/h4-9H,10-11H2,1-3H3. The summed E-state index contributed by atoms with van der Waals surface area (Å²) in [6, 6.07) is 7.41. The molecular formula is C15H19NO4. The van der Waals surface area contributed by atoms with Crippen molar-refractivity contribution in [1.29, 1.82) is 0 Å². The first kappa shape index (κ1) is 15.8. The van der Waals surface area contributed by atoms with Crippen molar-refractivity contribution >= 4 is 18.0 Å². The van der Waals surface area contributed by atoms with Crippen LogP contribution in [0.3, 0.4) is 0 Å². The van der Waals surface area contributed by atoms with Crippen molar-refractivity contribution in [2.24, 2.45) is 0 Å². The normalized spacial score (nSPS) is 10.3. The van der Waals surface area contributed by atoms with Crippen LogP contribution in [0.5, 0.6) is 5.75 Å². The minimum Gasteiger partial charge on any atom is -0.496 e. The third kappa shape index (κ3) is 4.76. The molecule has 0 atom stereocenters. The second-order valence-corrected chi connectivity index (χ2v) is 4.16. The van der Waals surface area contributed by atoms with Crippen molar-refractivity contribution in [2.45, 2.75) is 6.42 Å². The van der Waals surface area contributed by atoms with Gasteiger partial charge in [0.05, 0.1) is 20.6 Å². The summed E-state index contributed by atoms with van der Waals surface area (Å²) in [6.45, 7) is 0.321. The van der Waals surface area contributed by atoms with Crippen molar-refractivity contribution in [3.63, 3.8) is 0 Å². The summed E-state index contributed by atoms with van der Waals surface area (Å²) in [5, 5.41) is 0. The molecule has 0 fully saturated rings. The maximum atomic E-state index is 11.9. The molecule has 0 N–H and O–H groups in total. The lowest BCUT2D eigenvalue weighted by molar-refractivity contribution is -0.141. The Balaban J connectivity index is 2.60. The summed E-state index contributed by atoms with van der Waals surface area (Å²) >= 11 is 0. The van der Waals surface area contributed by atoms with Gasteiger partial charge >= 0.3 is 5.97 Å². The first-order valence-corrected chi connectivity index (χ1v) is 6.21. The Morgan fingerprint density at radius 3 is 2.60 bits per heavy atom. The predicted octanol–water partition coefficient (Wildman–Crippen LogP) is 1.73. The van der Waals surface area contributed by atoms with Crippen LogP contribution in [-0.4, -0.2) is 44.6 Å². The average Bonchev–Trinajstić information content (AvgIpc) is 2.49. The molecule has 0 saturated carbocycles. The zero-order valence-corrected chi connectivity index (χ0v) is 12.0. The van der Waals surface area contributed by atoms with Crippen molar-refractivity contribution in [1.82, 2.24) is 4.90 Å². The number of nitrogens with zero attached hydrogens (tertiary/aromatic N) is 1. The van der Waals surface area contributed by atoms with Crippen molar-refractivity contribution < 1.29 is 19.1 Å². The maximum Gasteiger partial charge on any atom is 0.307 e. The number of benzene rings is 1. The van der Waals surface area contributed by atoms with Gasteiger partial charge in [-0.25, -0.2) is 0 Å². The molecule has 0 spiro atoms. The Kier molecular flexibility index (Phi) is 6.29. The number of amides is 1. The van der Waals surface area contributed by atoms with Crippen molar-refractivity contribution in [2.75, 3.05) is 27.8 Å². The monoisotopic (exact) mass is 277 g/mol. The highest BCUT2D eigenvalue weighted by atomic mass is 16.5. The van der Waals surface area contributed by atoms with Gasteiger partial charge in [-0.05, 0) is 12.1 Å². The van der Waals surface area contributed by atoms with Crippen LogP contribution in [0, 0.1) is 0 Å². The van der Waals surface area contributed by atoms with Gasteiger partial charge in [-0.1, -0.05) is 18.2 Å². The largest absolute Gasteiger partial charge is 0.496 e. The number of hydrogen-bond acceptors (Lipinski definition) is 4. The smallest absolute Gasteiger partial charge is 0.307 e. The van der Waals surface area contributed by atoms with Crippen LogP contribution in [0.15, 0.2) is 30.3 Å². The molecule has 0 aliphatic heterocycles. The fourth-order valence-corrected chi connectivity index (χ4v) is 1.56. The van der Waals surface area contributed by atoms with E-state index in [0.29, 0.717) is 12.3 Å². The summed E-state index contributed by atoms with van der Waals surface area (Å²) < 4.78 is 9.72. The number of carbonyl (C=O) groups excluding carboxylic acids is 2. The highest BCUT2D eigenvalue weighted by molar-refractivity contribution is 5.92. The van der Waals surface area contributed by atoms with Crippen LogP contribution in [-0.2, 0) is 14.3 Å². The summed E-state index contributed by atoms with van der Waals surface area (Å²) in [5.41, 5.74) is 0.824. The Hall–Kier alpha value is -2.30. The molecule has 5 nitrogen and oxygen atoms in total. The van der Waals surface area contributed by atoms with Crippen molar-refractivity contribution in [3.8, 4) is 5.75 Å². The summed E-state index contributed by atoms with van der Waals surface area (Å²) in [5.74, 6) is 0.187. The quantitative estimate of drug-likeness (QED) is 0.587. The lowest BCUT2D eigenvalue weighted by atomic mass is 10.2. The molecule has 1 amide bonds. The third-order valence-electron chi connectivity index (χ3n) is 2.80. The molecule has 5 heteroatoms. The zero-order valence-electron chi connectivity index (χ0n) is 12.0. The molecule has 0 aromatic heterocycles. The van der Waals surface area contributed by atoms with Gasteiger partial charge in [-0.15, -0.1) is 0 Å². The molecule has 0 radical (unpaired) electrons. The van der Waals surface area contributed by atoms with Crippen LogP contribution in [0.2, 0.25) is 0 Å². The van der Waals surface area contributed by atoms with Crippen LogP contribution in [0.1, 0.15) is 12.0 Å². The molecule has 108 valence electrons.